The SMILES string of the molecule is CCn1c(S[C@@H](C)C(=O)Nc2ccc3ccccc3c2)nnc1N1CCOCC1. The van der Waals surface area contributed by atoms with Gasteiger partial charge in [0, 0.05) is 25.3 Å². The molecule has 1 aliphatic rings. The molecule has 152 valence electrons. The first-order valence-corrected chi connectivity index (χ1v) is 10.8. The number of anilines is 2. The highest BCUT2D eigenvalue weighted by Gasteiger charge is 2.23. The third-order valence-electron chi connectivity index (χ3n) is 4.98. The molecule has 0 spiro atoms. The highest BCUT2D eigenvalue weighted by molar-refractivity contribution is 8.00. The van der Waals surface area contributed by atoms with Crippen molar-refractivity contribution < 1.29 is 9.53 Å². The number of hydrogen-bond acceptors (Lipinski definition) is 6. The summed E-state index contributed by atoms with van der Waals surface area (Å²) >= 11 is 1.43. The van der Waals surface area contributed by atoms with Gasteiger partial charge in [0.15, 0.2) is 5.16 Å². The molecular weight excluding hydrogens is 386 g/mol. The molecule has 2 heterocycles. The lowest BCUT2D eigenvalue weighted by atomic mass is 10.1. The predicted molar refractivity (Wildman–Crippen MR) is 117 cm³/mol. The maximum absolute atomic E-state index is 12.7. The van der Waals surface area contributed by atoms with Crippen LogP contribution in [0.4, 0.5) is 11.6 Å². The Bertz CT molecular complexity index is 1000. The Labute approximate surface area is 174 Å². The molecule has 3 aromatic rings. The first kappa shape index (κ1) is 19.7. The number of benzene rings is 2. The molecule has 1 aromatic heterocycles. The molecule has 0 unspecified atom stereocenters. The zero-order chi connectivity index (χ0) is 20.2. The van der Waals surface area contributed by atoms with Crippen molar-refractivity contribution in [2.24, 2.45) is 0 Å². The fraction of sp³-hybridized carbons (Fsp3) is 0.381. The summed E-state index contributed by atoms with van der Waals surface area (Å²) in [6, 6.07) is 14.1. The Morgan fingerprint density at radius 1 is 1.17 bits per heavy atom. The number of amides is 1. The van der Waals surface area contributed by atoms with Gasteiger partial charge >= 0.3 is 0 Å². The van der Waals surface area contributed by atoms with E-state index in [0.29, 0.717) is 13.2 Å². The van der Waals surface area contributed by atoms with E-state index in [0.717, 1.165) is 47.2 Å². The number of thioether (sulfide) groups is 1. The number of nitrogens with one attached hydrogen (secondary N) is 1. The summed E-state index contributed by atoms with van der Waals surface area (Å²) in [5, 5.41) is 14.5. The summed E-state index contributed by atoms with van der Waals surface area (Å²) in [5.74, 6) is 0.796. The summed E-state index contributed by atoms with van der Waals surface area (Å²) in [6.45, 7) is 7.72. The van der Waals surface area contributed by atoms with Crippen molar-refractivity contribution in [3.8, 4) is 0 Å². The Kier molecular flexibility index (Phi) is 6.01. The number of carbonyl (C=O) groups is 1. The van der Waals surface area contributed by atoms with Crippen molar-refractivity contribution in [2.75, 3.05) is 36.5 Å². The Hall–Kier alpha value is -2.58. The molecule has 8 heteroatoms. The van der Waals surface area contributed by atoms with Crippen LogP contribution in [-0.2, 0) is 16.1 Å². The van der Waals surface area contributed by atoms with Crippen LogP contribution in [0.5, 0.6) is 0 Å². The average Bonchev–Trinajstić information content (AvgIpc) is 3.16. The number of morpholine rings is 1. The van der Waals surface area contributed by atoms with Gasteiger partial charge < -0.3 is 15.0 Å². The number of fused-ring (bicyclic) bond motifs is 1. The van der Waals surface area contributed by atoms with Gasteiger partial charge in [0.1, 0.15) is 0 Å². The van der Waals surface area contributed by atoms with Gasteiger partial charge in [-0.25, -0.2) is 0 Å². The molecule has 0 aliphatic carbocycles. The number of aromatic nitrogens is 3. The van der Waals surface area contributed by atoms with E-state index in [1.54, 1.807) is 0 Å². The molecule has 1 N–H and O–H groups in total. The van der Waals surface area contributed by atoms with Crippen molar-refractivity contribution in [3.05, 3.63) is 42.5 Å². The zero-order valence-electron chi connectivity index (χ0n) is 16.7. The van der Waals surface area contributed by atoms with Gasteiger partial charge in [-0.15, -0.1) is 10.2 Å². The van der Waals surface area contributed by atoms with E-state index in [4.69, 9.17) is 4.74 Å². The van der Waals surface area contributed by atoms with Crippen LogP contribution >= 0.6 is 11.8 Å². The Balaban J connectivity index is 1.44. The second-order valence-electron chi connectivity index (χ2n) is 6.94. The number of ether oxygens (including phenoxy) is 1. The van der Waals surface area contributed by atoms with Crippen molar-refractivity contribution in [2.45, 2.75) is 30.8 Å². The number of nitrogens with zero attached hydrogens (tertiary/aromatic N) is 4. The van der Waals surface area contributed by atoms with Crippen molar-refractivity contribution in [3.63, 3.8) is 0 Å². The minimum Gasteiger partial charge on any atom is -0.378 e. The van der Waals surface area contributed by atoms with Gasteiger partial charge in [0.2, 0.25) is 11.9 Å². The number of hydrogen-bond donors (Lipinski definition) is 1. The lowest BCUT2D eigenvalue weighted by molar-refractivity contribution is -0.115. The van der Waals surface area contributed by atoms with Crippen molar-refractivity contribution in [1.29, 1.82) is 0 Å². The minimum atomic E-state index is -0.298. The van der Waals surface area contributed by atoms with E-state index in [2.05, 4.69) is 38.0 Å². The largest absolute Gasteiger partial charge is 0.378 e. The fourth-order valence-corrected chi connectivity index (χ4v) is 4.27. The molecule has 2 aromatic carbocycles. The fourth-order valence-electron chi connectivity index (χ4n) is 3.36. The van der Waals surface area contributed by atoms with Crippen LogP contribution in [0.15, 0.2) is 47.6 Å². The van der Waals surface area contributed by atoms with Crippen LogP contribution in [0, 0.1) is 0 Å². The number of rotatable bonds is 6. The van der Waals surface area contributed by atoms with Gasteiger partial charge in [-0.1, -0.05) is 42.1 Å². The molecule has 1 saturated heterocycles. The summed E-state index contributed by atoms with van der Waals surface area (Å²) in [5.41, 5.74) is 0.798. The lowest BCUT2D eigenvalue weighted by Gasteiger charge is -2.27. The zero-order valence-corrected chi connectivity index (χ0v) is 17.5. The first-order valence-electron chi connectivity index (χ1n) is 9.88. The third-order valence-corrected chi connectivity index (χ3v) is 6.06. The van der Waals surface area contributed by atoms with Gasteiger partial charge in [0.25, 0.3) is 0 Å². The first-order chi connectivity index (χ1) is 14.2. The monoisotopic (exact) mass is 411 g/mol. The van der Waals surface area contributed by atoms with Crippen LogP contribution in [0.1, 0.15) is 13.8 Å². The van der Waals surface area contributed by atoms with E-state index in [1.807, 2.05) is 43.3 Å². The second-order valence-corrected chi connectivity index (χ2v) is 8.25. The molecule has 0 radical (unpaired) electrons. The standard InChI is InChI=1S/C21H25N5O2S/c1-3-26-20(25-10-12-28-13-11-25)23-24-21(26)29-15(2)19(27)22-18-9-8-16-6-4-5-7-17(16)14-18/h4-9,14-15H,3,10-13H2,1-2H3,(H,22,27)/t15-/m0/s1. The van der Waals surface area contributed by atoms with E-state index in [-0.39, 0.29) is 11.2 Å². The van der Waals surface area contributed by atoms with Crippen molar-refractivity contribution >= 4 is 40.1 Å². The topological polar surface area (TPSA) is 72.3 Å². The smallest absolute Gasteiger partial charge is 0.237 e. The molecule has 29 heavy (non-hydrogen) atoms. The molecular formula is C21H25N5O2S. The molecule has 1 aliphatic heterocycles. The number of carbonyl (C=O) groups excluding carboxylic acids is 1. The third kappa shape index (κ3) is 4.38. The summed E-state index contributed by atoms with van der Waals surface area (Å²) in [7, 11) is 0. The Morgan fingerprint density at radius 3 is 2.69 bits per heavy atom. The van der Waals surface area contributed by atoms with E-state index in [1.165, 1.54) is 11.8 Å². The maximum atomic E-state index is 12.7. The van der Waals surface area contributed by atoms with Crippen LogP contribution in [0.25, 0.3) is 10.8 Å². The molecule has 1 atom stereocenters. The second kappa shape index (κ2) is 8.84. The van der Waals surface area contributed by atoms with Crippen LogP contribution in [0.2, 0.25) is 0 Å². The minimum absolute atomic E-state index is 0.0520. The van der Waals surface area contributed by atoms with Crippen LogP contribution in [0.3, 0.4) is 0 Å². The molecule has 1 amide bonds. The molecule has 1 fully saturated rings. The van der Waals surface area contributed by atoms with Gasteiger partial charge in [-0.05, 0) is 36.8 Å². The predicted octanol–water partition coefficient (Wildman–Crippen LogP) is 3.41. The quantitative estimate of drug-likeness (QED) is 0.627. The maximum Gasteiger partial charge on any atom is 0.237 e. The van der Waals surface area contributed by atoms with Crippen LogP contribution < -0.4 is 10.2 Å². The highest BCUT2D eigenvalue weighted by Crippen LogP contribution is 2.27. The van der Waals surface area contributed by atoms with Crippen molar-refractivity contribution in [1.82, 2.24) is 14.8 Å². The lowest BCUT2D eigenvalue weighted by Crippen LogP contribution is -2.38. The molecule has 0 saturated carbocycles. The van der Waals surface area contributed by atoms with Gasteiger partial charge in [-0.2, -0.15) is 0 Å². The highest BCUT2D eigenvalue weighted by atomic mass is 32.2. The average molecular weight is 412 g/mol. The van der Waals surface area contributed by atoms with Gasteiger partial charge in [-0.3, -0.25) is 9.36 Å². The summed E-state index contributed by atoms with van der Waals surface area (Å²) < 4.78 is 7.49. The van der Waals surface area contributed by atoms with E-state index >= 15 is 0 Å². The summed E-state index contributed by atoms with van der Waals surface area (Å²) in [4.78, 5) is 14.9. The normalized spacial score (nSPS) is 15.4. The molecule has 0 bridgehead atoms. The van der Waals surface area contributed by atoms with Gasteiger partial charge in [0.05, 0.1) is 18.5 Å². The summed E-state index contributed by atoms with van der Waals surface area (Å²) in [6.07, 6.45) is 0. The Morgan fingerprint density at radius 2 is 1.93 bits per heavy atom. The van der Waals surface area contributed by atoms with E-state index < -0.39 is 0 Å². The molecule has 7 nitrogen and oxygen atoms in total. The van der Waals surface area contributed by atoms with E-state index in [9.17, 15) is 4.79 Å². The van der Waals surface area contributed by atoms with Crippen LogP contribution in [-0.4, -0.2) is 52.2 Å². The molecule has 4 rings (SSSR count).